The van der Waals surface area contributed by atoms with Crippen LogP contribution in [0.2, 0.25) is 0 Å². The zero-order chi connectivity index (χ0) is 14.5. The fourth-order valence-corrected chi connectivity index (χ4v) is 2.54. The van der Waals surface area contributed by atoms with E-state index in [1.165, 1.54) is 6.07 Å². The van der Waals surface area contributed by atoms with Gasteiger partial charge in [-0.05, 0) is 48.2 Å². The van der Waals surface area contributed by atoms with Crippen LogP contribution in [0.4, 0.5) is 8.78 Å². The second-order valence-electron chi connectivity index (χ2n) is 4.65. The predicted molar refractivity (Wildman–Crippen MR) is 79.0 cm³/mol. The summed E-state index contributed by atoms with van der Waals surface area (Å²) in [5, 5.41) is 0. The van der Waals surface area contributed by atoms with E-state index in [4.69, 9.17) is 5.84 Å². The first-order valence-electron chi connectivity index (χ1n) is 6.23. The molecular weight excluding hydrogens is 326 g/mol. The lowest BCUT2D eigenvalue weighted by molar-refractivity contribution is 0.498. The SMILES string of the molecule is NNC(Cc1cccc(Br)c1)Cc1ccc(F)c(F)c1. The molecule has 2 rings (SSSR count). The third kappa shape index (κ3) is 4.10. The maximum Gasteiger partial charge on any atom is 0.159 e. The molecule has 0 bridgehead atoms. The topological polar surface area (TPSA) is 38.0 Å². The normalized spacial score (nSPS) is 12.4. The lowest BCUT2D eigenvalue weighted by Crippen LogP contribution is -2.38. The third-order valence-corrected chi connectivity index (χ3v) is 3.57. The van der Waals surface area contributed by atoms with Crippen molar-refractivity contribution in [1.29, 1.82) is 0 Å². The molecule has 2 aromatic carbocycles. The van der Waals surface area contributed by atoms with Crippen LogP contribution in [0.3, 0.4) is 0 Å². The van der Waals surface area contributed by atoms with Gasteiger partial charge < -0.3 is 0 Å². The van der Waals surface area contributed by atoms with Crippen molar-refractivity contribution in [3.63, 3.8) is 0 Å². The maximum atomic E-state index is 13.2. The number of hydrazine groups is 1. The monoisotopic (exact) mass is 340 g/mol. The van der Waals surface area contributed by atoms with Crippen LogP contribution < -0.4 is 11.3 Å². The molecule has 0 fully saturated rings. The number of hydrogen-bond acceptors (Lipinski definition) is 2. The predicted octanol–water partition coefficient (Wildman–Crippen LogP) is 3.34. The second-order valence-corrected chi connectivity index (χ2v) is 5.57. The highest BCUT2D eigenvalue weighted by Gasteiger charge is 2.11. The van der Waals surface area contributed by atoms with E-state index >= 15 is 0 Å². The number of rotatable bonds is 5. The molecule has 0 radical (unpaired) electrons. The van der Waals surface area contributed by atoms with Gasteiger partial charge in [-0.25, -0.2) is 8.78 Å². The minimum atomic E-state index is -0.835. The summed E-state index contributed by atoms with van der Waals surface area (Å²) in [5.74, 6) is 3.88. The van der Waals surface area contributed by atoms with Gasteiger partial charge >= 0.3 is 0 Å². The Morgan fingerprint density at radius 3 is 2.30 bits per heavy atom. The van der Waals surface area contributed by atoms with E-state index in [1.54, 1.807) is 6.07 Å². The van der Waals surface area contributed by atoms with Crippen LogP contribution in [0.5, 0.6) is 0 Å². The van der Waals surface area contributed by atoms with Gasteiger partial charge in [0.25, 0.3) is 0 Å². The van der Waals surface area contributed by atoms with Crippen LogP contribution >= 0.6 is 15.9 Å². The van der Waals surface area contributed by atoms with E-state index in [9.17, 15) is 8.78 Å². The van der Waals surface area contributed by atoms with Crippen molar-refractivity contribution in [3.8, 4) is 0 Å². The van der Waals surface area contributed by atoms with Gasteiger partial charge in [-0.1, -0.05) is 34.1 Å². The van der Waals surface area contributed by atoms with Crippen molar-refractivity contribution in [2.24, 2.45) is 5.84 Å². The van der Waals surface area contributed by atoms with Gasteiger partial charge in [-0.15, -0.1) is 0 Å². The summed E-state index contributed by atoms with van der Waals surface area (Å²) in [5.41, 5.74) is 4.55. The van der Waals surface area contributed by atoms with Crippen molar-refractivity contribution < 1.29 is 8.78 Å². The van der Waals surface area contributed by atoms with Gasteiger partial charge in [0, 0.05) is 10.5 Å². The molecule has 20 heavy (non-hydrogen) atoms. The zero-order valence-electron chi connectivity index (χ0n) is 10.7. The molecule has 0 saturated carbocycles. The van der Waals surface area contributed by atoms with Crippen molar-refractivity contribution in [2.45, 2.75) is 18.9 Å². The Bertz CT molecular complexity index is 590. The van der Waals surface area contributed by atoms with Crippen LogP contribution in [-0.2, 0) is 12.8 Å². The first-order valence-corrected chi connectivity index (χ1v) is 7.02. The molecule has 0 aromatic heterocycles. The van der Waals surface area contributed by atoms with Gasteiger partial charge in [0.1, 0.15) is 0 Å². The highest BCUT2D eigenvalue weighted by atomic mass is 79.9. The molecule has 3 N–H and O–H groups in total. The van der Waals surface area contributed by atoms with Gasteiger partial charge in [-0.2, -0.15) is 0 Å². The molecule has 0 amide bonds. The van der Waals surface area contributed by atoms with Crippen LogP contribution in [0.25, 0.3) is 0 Å². The molecule has 2 aromatic rings. The number of nitrogens with two attached hydrogens (primary N) is 1. The second kappa shape index (κ2) is 6.92. The van der Waals surface area contributed by atoms with Gasteiger partial charge in [0.2, 0.25) is 0 Å². The smallest absolute Gasteiger partial charge is 0.159 e. The van der Waals surface area contributed by atoms with Crippen molar-refractivity contribution in [1.82, 2.24) is 5.43 Å². The number of hydrogen-bond donors (Lipinski definition) is 2. The van der Waals surface area contributed by atoms with E-state index in [-0.39, 0.29) is 6.04 Å². The summed E-state index contributed by atoms with van der Waals surface area (Å²) in [4.78, 5) is 0. The standard InChI is InChI=1S/C15H15BrF2N2/c16-12-3-1-2-10(6-12)7-13(20-19)8-11-4-5-14(17)15(18)9-11/h1-6,9,13,20H,7-8,19H2. The van der Waals surface area contributed by atoms with Crippen LogP contribution in [-0.4, -0.2) is 6.04 Å². The number of halogens is 3. The summed E-state index contributed by atoms with van der Waals surface area (Å²) in [6, 6.07) is 11.8. The average molecular weight is 341 g/mol. The summed E-state index contributed by atoms with van der Waals surface area (Å²) < 4.78 is 27.1. The highest BCUT2D eigenvalue weighted by Crippen LogP contribution is 2.15. The molecule has 0 aliphatic rings. The fourth-order valence-electron chi connectivity index (χ4n) is 2.09. The Morgan fingerprint density at radius 2 is 1.70 bits per heavy atom. The number of nitrogens with one attached hydrogen (secondary N) is 1. The van der Waals surface area contributed by atoms with Crippen LogP contribution in [0.15, 0.2) is 46.9 Å². The summed E-state index contributed by atoms with van der Waals surface area (Å²) in [6.07, 6.45) is 1.23. The molecule has 2 nitrogen and oxygen atoms in total. The first-order chi connectivity index (χ1) is 9.58. The minimum Gasteiger partial charge on any atom is -0.271 e. The van der Waals surface area contributed by atoms with E-state index in [2.05, 4.69) is 21.4 Å². The Hall–Kier alpha value is -1.30. The van der Waals surface area contributed by atoms with Crippen molar-refractivity contribution >= 4 is 15.9 Å². The average Bonchev–Trinajstić information content (AvgIpc) is 2.42. The molecule has 0 aliphatic heterocycles. The van der Waals surface area contributed by atoms with E-state index < -0.39 is 11.6 Å². The molecule has 0 spiro atoms. The van der Waals surface area contributed by atoms with Gasteiger partial charge in [-0.3, -0.25) is 11.3 Å². The minimum absolute atomic E-state index is 0.0471. The third-order valence-electron chi connectivity index (χ3n) is 3.07. The lowest BCUT2D eigenvalue weighted by atomic mass is 9.99. The van der Waals surface area contributed by atoms with Crippen LogP contribution in [0, 0.1) is 11.6 Å². The Labute approximate surface area is 125 Å². The molecule has 1 unspecified atom stereocenters. The van der Waals surface area contributed by atoms with E-state index in [0.717, 1.165) is 16.1 Å². The van der Waals surface area contributed by atoms with Crippen molar-refractivity contribution in [2.75, 3.05) is 0 Å². The van der Waals surface area contributed by atoms with Gasteiger partial charge in [0.15, 0.2) is 11.6 Å². The number of benzene rings is 2. The Morgan fingerprint density at radius 1 is 1.00 bits per heavy atom. The molecule has 5 heteroatoms. The Kier molecular flexibility index (Phi) is 5.23. The van der Waals surface area contributed by atoms with E-state index in [1.807, 2.05) is 24.3 Å². The molecule has 0 aliphatic carbocycles. The quantitative estimate of drug-likeness (QED) is 0.647. The lowest BCUT2D eigenvalue weighted by Gasteiger charge is -2.16. The first kappa shape index (κ1) is 15.1. The molecule has 106 valence electrons. The largest absolute Gasteiger partial charge is 0.271 e. The van der Waals surface area contributed by atoms with Crippen molar-refractivity contribution in [3.05, 3.63) is 69.7 Å². The van der Waals surface area contributed by atoms with Gasteiger partial charge in [0.05, 0.1) is 0 Å². The molecule has 1 atom stereocenters. The Balaban J connectivity index is 2.07. The zero-order valence-corrected chi connectivity index (χ0v) is 12.3. The molecule has 0 saturated heterocycles. The van der Waals surface area contributed by atoms with E-state index in [0.29, 0.717) is 18.4 Å². The van der Waals surface area contributed by atoms with Crippen LogP contribution in [0.1, 0.15) is 11.1 Å². The fraction of sp³-hybridized carbons (Fsp3) is 0.200. The summed E-state index contributed by atoms with van der Waals surface area (Å²) in [6.45, 7) is 0. The molecular formula is C15H15BrF2N2. The highest BCUT2D eigenvalue weighted by molar-refractivity contribution is 9.10. The molecule has 0 heterocycles. The summed E-state index contributed by atoms with van der Waals surface area (Å²) in [7, 11) is 0. The maximum absolute atomic E-state index is 13.2. The summed E-state index contributed by atoms with van der Waals surface area (Å²) >= 11 is 3.42.